The van der Waals surface area contributed by atoms with E-state index in [2.05, 4.69) is 34.8 Å². The third-order valence-corrected chi connectivity index (χ3v) is 3.89. The summed E-state index contributed by atoms with van der Waals surface area (Å²) in [6.45, 7) is 7.26. The number of rotatable bonds is 4. The van der Waals surface area contributed by atoms with E-state index in [0.29, 0.717) is 5.88 Å². The molecule has 0 bridgehead atoms. The van der Waals surface area contributed by atoms with E-state index in [9.17, 15) is 0 Å². The Kier molecular flexibility index (Phi) is 4.24. The number of nitrogens with zero attached hydrogens (tertiary/aromatic N) is 3. The number of hydrogen-bond acceptors (Lipinski definition) is 4. The van der Waals surface area contributed by atoms with Gasteiger partial charge in [-0.25, -0.2) is 9.97 Å². The Hall–Kier alpha value is -2.14. The number of nitrogens with one attached hydrogen (secondary N) is 1. The number of aromatic nitrogens is 3. The number of allylic oxidation sites excluding steroid dienone is 1. The largest absolute Gasteiger partial charge is 0.481 e. The Morgan fingerprint density at radius 2 is 2.27 bits per heavy atom. The van der Waals surface area contributed by atoms with Crippen LogP contribution in [0, 0.1) is 0 Å². The molecule has 5 nitrogen and oxygen atoms in total. The maximum absolute atomic E-state index is 5.09. The summed E-state index contributed by atoms with van der Waals surface area (Å²) in [5.74, 6) is 1.51. The predicted molar refractivity (Wildman–Crippen MR) is 86.8 cm³/mol. The minimum atomic E-state index is 0.618. The van der Waals surface area contributed by atoms with Crippen LogP contribution in [-0.2, 0) is 13.0 Å². The first-order valence-electron chi connectivity index (χ1n) is 7.59. The van der Waals surface area contributed by atoms with Crippen LogP contribution in [0.15, 0.2) is 30.0 Å². The molecule has 0 saturated heterocycles. The smallest absolute Gasteiger partial charge is 0.212 e. The van der Waals surface area contributed by atoms with E-state index >= 15 is 0 Å². The van der Waals surface area contributed by atoms with Crippen LogP contribution in [0.25, 0.3) is 11.4 Å². The van der Waals surface area contributed by atoms with Gasteiger partial charge in [-0.1, -0.05) is 11.6 Å². The molecule has 0 saturated carbocycles. The van der Waals surface area contributed by atoms with E-state index in [-0.39, 0.29) is 0 Å². The van der Waals surface area contributed by atoms with Gasteiger partial charge < -0.3 is 9.72 Å². The molecule has 0 aliphatic carbocycles. The summed E-state index contributed by atoms with van der Waals surface area (Å²) in [7, 11) is 1.62. The molecular weight excluding hydrogens is 276 g/mol. The summed E-state index contributed by atoms with van der Waals surface area (Å²) in [6, 6.07) is 3.84. The maximum atomic E-state index is 5.09. The van der Waals surface area contributed by atoms with Crippen molar-refractivity contribution in [2.75, 3.05) is 20.2 Å². The number of hydrogen-bond donors (Lipinski definition) is 1. The molecule has 0 fully saturated rings. The molecule has 0 spiro atoms. The topological polar surface area (TPSA) is 54.0 Å². The van der Waals surface area contributed by atoms with Gasteiger partial charge in [0.2, 0.25) is 5.88 Å². The molecule has 0 radical (unpaired) electrons. The third kappa shape index (κ3) is 3.20. The molecule has 2 aromatic heterocycles. The quantitative estimate of drug-likeness (QED) is 0.882. The van der Waals surface area contributed by atoms with Gasteiger partial charge in [-0.05, 0) is 19.9 Å². The van der Waals surface area contributed by atoms with Crippen molar-refractivity contribution in [2.45, 2.75) is 26.8 Å². The number of imidazole rings is 1. The van der Waals surface area contributed by atoms with Crippen LogP contribution in [0.1, 0.15) is 25.2 Å². The molecule has 0 aromatic carbocycles. The van der Waals surface area contributed by atoms with Crippen LogP contribution in [0.4, 0.5) is 0 Å². The molecule has 2 aromatic rings. The highest BCUT2D eigenvalue weighted by atomic mass is 16.5. The van der Waals surface area contributed by atoms with Gasteiger partial charge in [0.1, 0.15) is 5.82 Å². The molecule has 0 amide bonds. The number of fused-ring (bicyclic) bond motifs is 1. The zero-order valence-corrected chi connectivity index (χ0v) is 13.4. The highest BCUT2D eigenvalue weighted by molar-refractivity contribution is 5.55. The van der Waals surface area contributed by atoms with Gasteiger partial charge in [0, 0.05) is 43.9 Å². The minimum Gasteiger partial charge on any atom is -0.481 e. The molecule has 3 heterocycles. The lowest BCUT2D eigenvalue weighted by atomic mass is 10.1. The average molecular weight is 298 g/mol. The Balaban J connectivity index is 1.76. The Morgan fingerprint density at radius 3 is 2.95 bits per heavy atom. The Morgan fingerprint density at radius 1 is 1.41 bits per heavy atom. The van der Waals surface area contributed by atoms with Gasteiger partial charge >= 0.3 is 0 Å². The second-order valence-electron chi connectivity index (χ2n) is 5.87. The van der Waals surface area contributed by atoms with E-state index < -0.39 is 0 Å². The van der Waals surface area contributed by atoms with Gasteiger partial charge in [0.05, 0.1) is 18.5 Å². The van der Waals surface area contributed by atoms with Crippen molar-refractivity contribution in [2.24, 2.45) is 0 Å². The lowest BCUT2D eigenvalue weighted by Gasteiger charge is -2.24. The molecular formula is C17H22N4O. The fourth-order valence-electron chi connectivity index (χ4n) is 2.60. The molecule has 1 aliphatic rings. The zero-order chi connectivity index (χ0) is 15.5. The maximum Gasteiger partial charge on any atom is 0.212 e. The summed E-state index contributed by atoms with van der Waals surface area (Å²) >= 11 is 0. The van der Waals surface area contributed by atoms with Crippen LogP contribution in [-0.4, -0.2) is 40.1 Å². The van der Waals surface area contributed by atoms with E-state index in [4.69, 9.17) is 9.72 Å². The number of pyridine rings is 1. The highest BCUT2D eigenvalue weighted by Gasteiger charge is 2.20. The van der Waals surface area contributed by atoms with E-state index in [1.165, 1.54) is 17.0 Å². The molecule has 116 valence electrons. The first kappa shape index (κ1) is 14.8. The normalized spacial score (nSPS) is 14.5. The Bertz CT molecular complexity index is 668. The van der Waals surface area contributed by atoms with Gasteiger partial charge in [0.25, 0.3) is 0 Å². The second-order valence-corrected chi connectivity index (χ2v) is 5.87. The molecule has 22 heavy (non-hydrogen) atoms. The van der Waals surface area contributed by atoms with Crippen molar-refractivity contribution in [1.29, 1.82) is 0 Å². The van der Waals surface area contributed by atoms with Crippen LogP contribution < -0.4 is 4.74 Å². The number of ether oxygens (including phenoxy) is 1. The van der Waals surface area contributed by atoms with Gasteiger partial charge in [-0.15, -0.1) is 0 Å². The van der Waals surface area contributed by atoms with E-state index in [1.54, 1.807) is 13.3 Å². The first-order chi connectivity index (χ1) is 10.7. The van der Waals surface area contributed by atoms with E-state index in [0.717, 1.165) is 37.4 Å². The van der Waals surface area contributed by atoms with Crippen molar-refractivity contribution >= 4 is 0 Å². The van der Waals surface area contributed by atoms with Crippen LogP contribution in [0.3, 0.4) is 0 Å². The SMILES string of the molecule is COc1ccc(-c2nc3c([nH]2)CN(CC=C(C)C)CC3)cn1. The fraction of sp³-hybridized carbons (Fsp3) is 0.412. The Labute approximate surface area is 131 Å². The van der Waals surface area contributed by atoms with Crippen molar-refractivity contribution in [3.8, 4) is 17.3 Å². The first-order valence-corrected chi connectivity index (χ1v) is 7.59. The highest BCUT2D eigenvalue weighted by Crippen LogP contribution is 2.23. The van der Waals surface area contributed by atoms with Crippen molar-refractivity contribution in [1.82, 2.24) is 19.9 Å². The van der Waals surface area contributed by atoms with Crippen molar-refractivity contribution < 1.29 is 4.74 Å². The molecule has 0 atom stereocenters. The summed E-state index contributed by atoms with van der Waals surface area (Å²) < 4.78 is 5.09. The predicted octanol–water partition coefficient (Wildman–Crippen LogP) is 2.80. The number of aromatic amines is 1. The lowest BCUT2D eigenvalue weighted by molar-refractivity contribution is 0.276. The minimum absolute atomic E-state index is 0.618. The summed E-state index contributed by atoms with van der Waals surface area (Å²) in [5, 5.41) is 0. The second kappa shape index (κ2) is 6.32. The van der Waals surface area contributed by atoms with Gasteiger partial charge in [0.15, 0.2) is 0 Å². The number of methoxy groups -OCH3 is 1. The lowest BCUT2D eigenvalue weighted by Crippen LogP contribution is -2.30. The molecule has 5 heteroatoms. The molecule has 0 unspecified atom stereocenters. The van der Waals surface area contributed by atoms with E-state index in [1.807, 2.05) is 12.1 Å². The molecule has 1 N–H and O–H groups in total. The van der Waals surface area contributed by atoms with Crippen LogP contribution >= 0.6 is 0 Å². The summed E-state index contributed by atoms with van der Waals surface area (Å²) in [5.41, 5.74) is 4.75. The van der Waals surface area contributed by atoms with Gasteiger partial charge in [-0.2, -0.15) is 0 Å². The monoisotopic (exact) mass is 298 g/mol. The average Bonchev–Trinajstić information content (AvgIpc) is 2.96. The van der Waals surface area contributed by atoms with Gasteiger partial charge in [-0.3, -0.25) is 4.90 Å². The van der Waals surface area contributed by atoms with Crippen molar-refractivity contribution in [3.05, 3.63) is 41.4 Å². The summed E-state index contributed by atoms with van der Waals surface area (Å²) in [6.07, 6.45) is 5.06. The van der Waals surface area contributed by atoms with Crippen LogP contribution in [0.5, 0.6) is 5.88 Å². The molecule has 3 rings (SSSR count). The molecule has 1 aliphatic heterocycles. The summed E-state index contributed by atoms with van der Waals surface area (Å²) in [4.78, 5) is 14.9. The van der Waals surface area contributed by atoms with Crippen LogP contribution in [0.2, 0.25) is 0 Å². The van der Waals surface area contributed by atoms with Crippen molar-refractivity contribution in [3.63, 3.8) is 0 Å². The zero-order valence-electron chi connectivity index (χ0n) is 13.4. The standard InChI is InChI=1S/C17H22N4O/c1-12(2)6-8-21-9-7-14-15(11-21)20-17(19-14)13-4-5-16(22-3)18-10-13/h4-6,10H,7-9,11H2,1-3H3,(H,19,20). The number of H-pyrrole nitrogens is 1. The fourth-order valence-corrected chi connectivity index (χ4v) is 2.60. The third-order valence-electron chi connectivity index (χ3n) is 3.89.